The highest BCUT2D eigenvalue weighted by molar-refractivity contribution is 4.94. The summed E-state index contributed by atoms with van der Waals surface area (Å²) < 4.78 is 0. The molecule has 3 nitrogen and oxygen atoms in total. The molecule has 1 aliphatic carbocycles. The molecular formula is C10H17N3. The summed E-state index contributed by atoms with van der Waals surface area (Å²) in [6.07, 6.45) is 4.19. The first-order chi connectivity index (χ1) is 6.29. The van der Waals surface area contributed by atoms with E-state index >= 15 is 0 Å². The minimum absolute atomic E-state index is 0.293. The summed E-state index contributed by atoms with van der Waals surface area (Å²) in [5, 5.41) is 8.60. The van der Waals surface area contributed by atoms with Crippen LogP contribution in [0, 0.1) is 23.2 Å². The second-order valence-corrected chi connectivity index (χ2v) is 4.41. The monoisotopic (exact) mass is 179 g/mol. The SMILES string of the molecule is N#CC(N)CN1CC2CCCC2C1. The molecule has 0 aromatic rings. The Morgan fingerprint density at radius 2 is 2.00 bits per heavy atom. The first-order valence-electron chi connectivity index (χ1n) is 5.17. The molecule has 13 heavy (non-hydrogen) atoms. The molecule has 2 aliphatic rings. The zero-order valence-corrected chi connectivity index (χ0v) is 7.95. The average molecular weight is 179 g/mol. The van der Waals surface area contributed by atoms with E-state index in [2.05, 4.69) is 11.0 Å². The van der Waals surface area contributed by atoms with E-state index in [9.17, 15) is 0 Å². The molecule has 0 bridgehead atoms. The van der Waals surface area contributed by atoms with Crippen LogP contribution in [0.4, 0.5) is 0 Å². The van der Waals surface area contributed by atoms with Crippen LogP contribution in [-0.2, 0) is 0 Å². The third-order valence-corrected chi connectivity index (χ3v) is 3.42. The van der Waals surface area contributed by atoms with Crippen LogP contribution in [0.25, 0.3) is 0 Å². The van der Waals surface area contributed by atoms with Crippen molar-refractivity contribution < 1.29 is 0 Å². The van der Waals surface area contributed by atoms with Crippen LogP contribution in [0.5, 0.6) is 0 Å². The van der Waals surface area contributed by atoms with Gasteiger partial charge in [0, 0.05) is 19.6 Å². The molecule has 0 spiro atoms. The molecule has 0 aromatic heterocycles. The van der Waals surface area contributed by atoms with Crippen molar-refractivity contribution in [1.82, 2.24) is 4.90 Å². The predicted molar refractivity (Wildman–Crippen MR) is 50.9 cm³/mol. The molecule has 2 rings (SSSR count). The van der Waals surface area contributed by atoms with Gasteiger partial charge in [-0.05, 0) is 24.7 Å². The number of nitrogens with two attached hydrogens (primary N) is 1. The van der Waals surface area contributed by atoms with Gasteiger partial charge >= 0.3 is 0 Å². The Morgan fingerprint density at radius 3 is 2.54 bits per heavy atom. The van der Waals surface area contributed by atoms with Gasteiger partial charge in [-0.15, -0.1) is 0 Å². The van der Waals surface area contributed by atoms with E-state index < -0.39 is 0 Å². The van der Waals surface area contributed by atoms with Crippen LogP contribution in [-0.4, -0.2) is 30.6 Å². The van der Waals surface area contributed by atoms with Gasteiger partial charge in [-0.3, -0.25) is 0 Å². The molecule has 3 atom stereocenters. The number of fused-ring (bicyclic) bond motifs is 1. The molecule has 0 radical (unpaired) electrons. The van der Waals surface area contributed by atoms with Crippen molar-refractivity contribution in [2.75, 3.05) is 19.6 Å². The van der Waals surface area contributed by atoms with Gasteiger partial charge in [-0.25, -0.2) is 0 Å². The van der Waals surface area contributed by atoms with Crippen LogP contribution in [0.3, 0.4) is 0 Å². The van der Waals surface area contributed by atoms with E-state index in [0.29, 0.717) is 0 Å². The fourth-order valence-electron chi connectivity index (χ4n) is 2.80. The maximum atomic E-state index is 8.60. The normalized spacial score (nSPS) is 35.7. The summed E-state index contributed by atoms with van der Waals surface area (Å²) in [6, 6.07) is 1.80. The zero-order valence-electron chi connectivity index (χ0n) is 7.95. The highest BCUT2D eigenvalue weighted by Gasteiger charge is 2.36. The van der Waals surface area contributed by atoms with Crippen LogP contribution in [0.2, 0.25) is 0 Å². The third kappa shape index (κ3) is 1.84. The quantitative estimate of drug-likeness (QED) is 0.674. The van der Waals surface area contributed by atoms with E-state index in [1.54, 1.807) is 0 Å². The highest BCUT2D eigenvalue weighted by Crippen LogP contribution is 2.37. The fourth-order valence-corrected chi connectivity index (χ4v) is 2.80. The lowest BCUT2D eigenvalue weighted by atomic mass is 10.0. The molecule has 1 saturated heterocycles. The van der Waals surface area contributed by atoms with Crippen molar-refractivity contribution in [2.45, 2.75) is 25.3 Å². The first kappa shape index (κ1) is 8.98. The topological polar surface area (TPSA) is 53.1 Å². The summed E-state index contributed by atoms with van der Waals surface area (Å²) >= 11 is 0. The Hall–Kier alpha value is -0.590. The maximum Gasteiger partial charge on any atom is 0.106 e. The Morgan fingerprint density at radius 1 is 1.38 bits per heavy atom. The van der Waals surface area contributed by atoms with Gasteiger partial charge in [0.05, 0.1) is 6.07 Å². The van der Waals surface area contributed by atoms with Gasteiger partial charge < -0.3 is 10.6 Å². The van der Waals surface area contributed by atoms with Crippen molar-refractivity contribution in [3.63, 3.8) is 0 Å². The van der Waals surface area contributed by atoms with Gasteiger partial charge in [0.15, 0.2) is 0 Å². The smallest absolute Gasteiger partial charge is 0.106 e. The molecule has 3 heteroatoms. The molecule has 2 N–H and O–H groups in total. The summed E-state index contributed by atoms with van der Waals surface area (Å²) in [5.41, 5.74) is 5.60. The lowest BCUT2D eigenvalue weighted by molar-refractivity contribution is 0.305. The van der Waals surface area contributed by atoms with Crippen LogP contribution < -0.4 is 5.73 Å². The highest BCUT2D eigenvalue weighted by atomic mass is 15.2. The summed E-state index contributed by atoms with van der Waals surface area (Å²) in [4.78, 5) is 2.36. The van der Waals surface area contributed by atoms with Crippen molar-refractivity contribution >= 4 is 0 Å². The van der Waals surface area contributed by atoms with Crippen LogP contribution in [0.1, 0.15) is 19.3 Å². The number of nitrogens with zero attached hydrogens (tertiary/aromatic N) is 2. The van der Waals surface area contributed by atoms with E-state index in [-0.39, 0.29) is 6.04 Å². The maximum absolute atomic E-state index is 8.60. The first-order valence-corrected chi connectivity index (χ1v) is 5.17. The average Bonchev–Trinajstić information content (AvgIpc) is 2.63. The molecule has 2 fully saturated rings. The number of rotatable bonds is 2. The molecule has 3 unspecified atom stereocenters. The second kappa shape index (κ2) is 3.65. The molecule has 72 valence electrons. The Bertz CT molecular complexity index is 209. The molecule has 1 aliphatic heterocycles. The van der Waals surface area contributed by atoms with E-state index in [0.717, 1.165) is 18.4 Å². The van der Waals surface area contributed by atoms with Gasteiger partial charge in [-0.2, -0.15) is 5.26 Å². The number of hydrogen-bond donors (Lipinski definition) is 1. The van der Waals surface area contributed by atoms with Gasteiger partial charge in [0.1, 0.15) is 6.04 Å². The fraction of sp³-hybridized carbons (Fsp3) is 0.900. The number of hydrogen-bond acceptors (Lipinski definition) is 3. The number of nitriles is 1. The molecule has 0 amide bonds. The minimum Gasteiger partial charge on any atom is -0.315 e. The number of likely N-dealkylation sites (tertiary alicyclic amines) is 1. The van der Waals surface area contributed by atoms with Gasteiger partial charge in [0.2, 0.25) is 0 Å². The second-order valence-electron chi connectivity index (χ2n) is 4.41. The van der Waals surface area contributed by atoms with Gasteiger partial charge in [0.25, 0.3) is 0 Å². The lowest BCUT2D eigenvalue weighted by Gasteiger charge is -2.17. The third-order valence-electron chi connectivity index (χ3n) is 3.42. The summed E-state index contributed by atoms with van der Waals surface area (Å²) in [5.74, 6) is 1.82. The minimum atomic E-state index is -0.293. The molecule has 1 saturated carbocycles. The molecule has 1 heterocycles. The summed E-state index contributed by atoms with van der Waals surface area (Å²) in [6.45, 7) is 3.13. The largest absolute Gasteiger partial charge is 0.315 e. The van der Waals surface area contributed by atoms with Gasteiger partial charge in [-0.1, -0.05) is 6.42 Å². The van der Waals surface area contributed by atoms with Crippen molar-refractivity contribution in [3.05, 3.63) is 0 Å². The Kier molecular flexibility index (Phi) is 2.52. The van der Waals surface area contributed by atoms with Crippen molar-refractivity contribution in [3.8, 4) is 6.07 Å². The zero-order chi connectivity index (χ0) is 9.26. The molecular weight excluding hydrogens is 162 g/mol. The lowest BCUT2D eigenvalue weighted by Crippen LogP contribution is -2.35. The van der Waals surface area contributed by atoms with Crippen LogP contribution in [0.15, 0.2) is 0 Å². The van der Waals surface area contributed by atoms with E-state index in [1.807, 2.05) is 0 Å². The van der Waals surface area contributed by atoms with E-state index in [1.165, 1.54) is 32.4 Å². The van der Waals surface area contributed by atoms with Crippen LogP contribution >= 0.6 is 0 Å². The predicted octanol–water partition coefficient (Wildman–Crippen LogP) is 0.569. The van der Waals surface area contributed by atoms with Crippen molar-refractivity contribution in [1.29, 1.82) is 5.26 Å². The van der Waals surface area contributed by atoms with Crippen molar-refractivity contribution in [2.24, 2.45) is 17.6 Å². The van der Waals surface area contributed by atoms with E-state index in [4.69, 9.17) is 11.0 Å². The summed E-state index contributed by atoms with van der Waals surface area (Å²) in [7, 11) is 0. The Labute approximate surface area is 79.5 Å². The Balaban J connectivity index is 1.82. The standard InChI is InChI=1S/C10H17N3/c11-4-10(12)7-13-5-8-2-1-3-9(8)6-13/h8-10H,1-3,5-7,12H2. The molecule has 0 aromatic carbocycles.